The third kappa shape index (κ3) is 3.93. The molecule has 3 aromatic rings. The molecule has 3 rings (SSSR count). The number of amides is 1. The summed E-state index contributed by atoms with van der Waals surface area (Å²) in [7, 11) is 3.59. The third-order valence-electron chi connectivity index (χ3n) is 5.05. The van der Waals surface area contributed by atoms with Gasteiger partial charge in [-0.15, -0.1) is 0 Å². The van der Waals surface area contributed by atoms with E-state index in [0.29, 0.717) is 17.9 Å². The summed E-state index contributed by atoms with van der Waals surface area (Å²) in [6.45, 7) is 4.40. The van der Waals surface area contributed by atoms with E-state index in [1.165, 1.54) is 0 Å². The van der Waals surface area contributed by atoms with Gasteiger partial charge in [-0.3, -0.25) is 0 Å². The number of ether oxygens (including phenoxy) is 1. The summed E-state index contributed by atoms with van der Waals surface area (Å²) in [5.74, 6) is 1.47. The van der Waals surface area contributed by atoms with E-state index < -0.39 is 0 Å². The molecule has 0 atom stereocenters. The minimum atomic E-state index is -0.0444. The molecule has 0 aliphatic rings. The molecule has 1 radical (unpaired) electrons. The van der Waals surface area contributed by atoms with Gasteiger partial charge >= 0.3 is 174 Å². The third-order valence-corrected chi connectivity index (χ3v) is 5.45. The molecule has 28 heavy (non-hydrogen) atoms. The number of carbonyl (C=O) groups is 1. The van der Waals surface area contributed by atoms with Gasteiger partial charge in [0.2, 0.25) is 0 Å². The molecule has 0 fully saturated rings. The molecule has 0 saturated heterocycles. The molecule has 1 aromatic heterocycles. The van der Waals surface area contributed by atoms with E-state index in [1.54, 1.807) is 12.0 Å². The summed E-state index contributed by atoms with van der Waals surface area (Å²) in [4.78, 5) is 15.2. The van der Waals surface area contributed by atoms with Gasteiger partial charge in [0.15, 0.2) is 0 Å². The fraction of sp³-hybridized carbons (Fsp3) is 0.227. The Morgan fingerprint density at radius 3 is 2.39 bits per heavy atom. The standard InChI is InChI=1S/C22H23N2O3Se/c1-15-17(6-5-7-21(15)26-4)14-24(18-8-10-19(27-28)11-9-18)22(25)20-12-13-23(3)16(20)2/h5-13H,14H2,1-4H3. The second-order valence-corrected chi connectivity index (χ2v) is 6.99. The van der Waals surface area contributed by atoms with Crippen LogP contribution in [0.25, 0.3) is 0 Å². The van der Waals surface area contributed by atoms with Gasteiger partial charge in [0.1, 0.15) is 0 Å². The van der Waals surface area contributed by atoms with Crippen molar-refractivity contribution in [2.45, 2.75) is 20.4 Å². The average molecular weight is 442 g/mol. The molecule has 0 spiro atoms. The number of carbonyl (C=O) groups excluding carboxylic acids is 1. The van der Waals surface area contributed by atoms with E-state index in [0.717, 1.165) is 28.3 Å². The zero-order valence-corrected chi connectivity index (χ0v) is 18.1. The summed E-state index contributed by atoms with van der Waals surface area (Å²) in [5, 5.41) is 0. The Morgan fingerprint density at radius 1 is 1.11 bits per heavy atom. The summed E-state index contributed by atoms with van der Waals surface area (Å²) in [6.07, 6.45) is 1.90. The Bertz CT molecular complexity index is 980. The second kappa shape index (κ2) is 8.55. The van der Waals surface area contributed by atoms with Crippen LogP contribution in [0.1, 0.15) is 27.2 Å². The van der Waals surface area contributed by atoms with Gasteiger partial charge in [-0.2, -0.15) is 0 Å². The predicted molar refractivity (Wildman–Crippen MR) is 111 cm³/mol. The van der Waals surface area contributed by atoms with Gasteiger partial charge in [-0.1, -0.05) is 0 Å². The number of rotatable bonds is 6. The van der Waals surface area contributed by atoms with E-state index >= 15 is 0 Å². The molecule has 0 aliphatic carbocycles. The molecule has 2 aromatic carbocycles. The molecular weight excluding hydrogens is 419 g/mol. The van der Waals surface area contributed by atoms with Crippen LogP contribution in [-0.4, -0.2) is 33.9 Å². The van der Waals surface area contributed by atoms with E-state index in [4.69, 9.17) is 8.56 Å². The maximum absolute atomic E-state index is 13.4. The first-order chi connectivity index (χ1) is 13.5. The van der Waals surface area contributed by atoms with E-state index in [-0.39, 0.29) is 5.91 Å². The summed E-state index contributed by atoms with van der Waals surface area (Å²) in [5.41, 5.74) is 4.48. The normalized spacial score (nSPS) is 10.6. The van der Waals surface area contributed by atoms with Crippen molar-refractivity contribution in [1.82, 2.24) is 4.57 Å². The van der Waals surface area contributed by atoms with Crippen LogP contribution >= 0.6 is 0 Å². The molecule has 0 unspecified atom stereocenters. The molecule has 1 heterocycles. The number of methoxy groups -OCH3 is 1. The Kier molecular flexibility index (Phi) is 6.12. The molecule has 0 bridgehead atoms. The van der Waals surface area contributed by atoms with Crippen molar-refractivity contribution in [1.29, 1.82) is 0 Å². The Balaban J connectivity index is 2.03. The predicted octanol–water partition coefficient (Wildman–Crippen LogP) is 3.96. The van der Waals surface area contributed by atoms with Crippen LogP contribution in [0, 0.1) is 13.8 Å². The maximum atomic E-state index is 13.4. The first-order valence-corrected chi connectivity index (χ1v) is 9.62. The molecule has 0 saturated carbocycles. The van der Waals surface area contributed by atoms with Gasteiger partial charge in [0, 0.05) is 0 Å². The van der Waals surface area contributed by atoms with Crippen molar-refractivity contribution in [3.63, 3.8) is 0 Å². The van der Waals surface area contributed by atoms with Gasteiger partial charge in [0.25, 0.3) is 0 Å². The van der Waals surface area contributed by atoms with Crippen molar-refractivity contribution in [2.75, 3.05) is 12.0 Å². The number of aromatic nitrogens is 1. The fourth-order valence-corrected chi connectivity index (χ4v) is 3.40. The summed E-state index contributed by atoms with van der Waals surface area (Å²) < 4.78 is 12.5. The van der Waals surface area contributed by atoms with Gasteiger partial charge in [-0.25, -0.2) is 0 Å². The van der Waals surface area contributed by atoms with Crippen LogP contribution in [0.4, 0.5) is 5.69 Å². The Hall–Kier alpha value is -2.69. The van der Waals surface area contributed by atoms with E-state index in [9.17, 15) is 4.79 Å². The molecule has 0 N–H and O–H groups in total. The van der Waals surface area contributed by atoms with E-state index in [2.05, 4.69) is 16.3 Å². The van der Waals surface area contributed by atoms with Gasteiger partial charge < -0.3 is 0 Å². The van der Waals surface area contributed by atoms with Crippen LogP contribution in [0.3, 0.4) is 0 Å². The number of hydrogen-bond acceptors (Lipinski definition) is 3. The molecule has 1 amide bonds. The second-order valence-electron chi connectivity index (χ2n) is 6.64. The molecular formula is C22H23N2O3Se. The molecule has 6 heteroatoms. The zero-order chi connectivity index (χ0) is 20.3. The monoisotopic (exact) mass is 443 g/mol. The van der Waals surface area contributed by atoms with Crippen molar-refractivity contribution in [2.24, 2.45) is 7.05 Å². The van der Waals surface area contributed by atoms with Gasteiger partial charge in [0.05, 0.1) is 0 Å². The van der Waals surface area contributed by atoms with Crippen molar-refractivity contribution >= 4 is 27.9 Å². The van der Waals surface area contributed by atoms with Crippen LogP contribution in [0.15, 0.2) is 54.7 Å². The minimum absolute atomic E-state index is 0.0444. The Morgan fingerprint density at radius 2 is 1.82 bits per heavy atom. The SMILES string of the molecule is COc1cccc(CN(C(=O)c2ccn(C)c2C)c2ccc(O[Se])cc2)c1C. The topological polar surface area (TPSA) is 43.7 Å². The van der Waals surface area contributed by atoms with Crippen LogP contribution in [0.5, 0.6) is 11.5 Å². The molecule has 145 valence electrons. The van der Waals surface area contributed by atoms with Gasteiger partial charge in [-0.05, 0) is 0 Å². The quantitative estimate of drug-likeness (QED) is 0.543. The first-order valence-electron chi connectivity index (χ1n) is 8.92. The van der Waals surface area contributed by atoms with Crippen LogP contribution in [-0.2, 0) is 13.6 Å². The Labute approximate surface area is 174 Å². The summed E-state index contributed by atoms with van der Waals surface area (Å²) >= 11 is 2.53. The van der Waals surface area contributed by atoms with Crippen LogP contribution < -0.4 is 13.5 Å². The van der Waals surface area contributed by atoms with Crippen molar-refractivity contribution in [3.05, 3.63) is 77.1 Å². The number of aryl methyl sites for hydroxylation is 1. The number of nitrogens with zero attached hydrogens (tertiary/aromatic N) is 2. The number of benzene rings is 2. The molecule has 0 aliphatic heterocycles. The van der Waals surface area contributed by atoms with Crippen molar-refractivity contribution in [3.8, 4) is 11.5 Å². The van der Waals surface area contributed by atoms with E-state index in [1.807, 2.05) is 80.2 Å². The average Bonchev–Trinajstić information content (AvgIpc) is 3.05. The zero-order valence-electron chi connectivity index (χ0n) is 16.4. The summed E-state index contributed by atoms with van der Waals surface area (Å²) in [6, 6.07) is 15.2. The molecule has 5 nitrogen and oxygen atoms in total. The number of hydrogen-bond donors (Lipinski definition) is 0. The van der Waals surface area contributed by atoms with Crippen LogP contribution in [0.2, 0.25) is 0 Å². The number of anilines is 1. The first kappa shape index (κ1) is 20.1. The van der Waals surface area contributed by atoms with Crippen molar-refractivity contribution < 1.29 is 13.4 Å². The fourth-order valence-electron chi connectivity index (χ4n) is 3.16.